The van der Waals surface area contributed by atoms with E-state index in [9.17, 15) is 9.59 Å². The molecule has 0 spiro atoms. The van der Waals surface area contributed by atoms with Crippen molar-refractivity contribution < 1.29 is 9.59 Å². The Labute approximate surface area is 141 Å². The highest BCUT2D eigenvalue weighted by Gasteiger charge is 2.66. The predicted molar refractivity (Wildman–Crippen MR) is 91.0 cm³/mol. The molecule has 1 N–H and O–H groups in total. The predicted octanol–water partition coefficient (Wildman–Crippen LogP) is 2.73. The molecule has 1 heterocycles. The van der Waals surface area contributed by atoms with E-state index in [-0.39, 0.29) is 30.3 Å². The van der Waals surface area contributed by atoms with Gasteiger partial charge in [-0.25, -0.2) is 0 Å². The zero-order valence-corrected chi connectivity index (χ0v) is 14.0. The molecular formula is C20H22N2O2. The minimum absolute atomic E-state index is 0.0334. The van der Waals surface area contributed by atoms with Gasteiger partial charge in [-0.15, -0.1) is 0 Å². The number of hydrogen-bond acceptors (Lipinski definition) is 3. The normalized spacial score (nSPS) is 38.3. The van der Waals surface area contributed by atoms with Crippen LogP contribution in [-0.2, 0) is 9.59 Å². The van der Waals surface area contributed by atoms with E-state index < -0.39 is 0 Å². The van der Waals surface area contributed by atoms with Gasteiger partial charge in [-0.05, 0) is 67.2 Å². The van der Waals surface area contributed by atoms with Crippen LogP contribution in [0.25, 0.3) is 0 Å². The molecule has 0 radical (unpaired) electrons. The highest BCUT2D eigenvalue weighted by molar-refractivity contribution is 6.06. The number of imide groups is 1. The maximum absolute atomic E-state index is 12.9. The second-order valence-electron chi connectivity index (χ2n) is 7.89. The highest BCUT2D eigenvalue weighted by Crippen LogP contribution is 2.65. The quantitative estimate of drug-likeness (QED) is 0.688. The van der Waals surface area contributed by atoms with Gasteiger partial charge >= 0.3 is 0 Å². The maximum Gasteiger partial charge on any atom is 0.235 e. The number of amides is 2. The van der Waals surface area contributed by atoms with Crippen LogP contribution in [0.15, 0.2) is 30.4 Å². The Bertz CT molecular complexity index is 748. The van der Waals surface area contributed by atoms with Crippen LogP contribution < -0.4 is 5.32 Å². The van der Waals surface area contributed by atoms with Crippen LogP contribution >= 0.6 is 0 Å². The number of nitrogens with zero attached hydrogens (tertiary/aromatic N) is 1. The Balaban J connectivity index is 1.36. The monoisotopic (exact) mass is 322 g/mol. The number of nitrogens with one attached hydrogen (secondary N) is 1. The first-order valence-electron chi connectivity index (χ1n) is 8.91. The minimum Gasteiger partial charge on any atom is -0.367 e. The third-order valence-electron chi connectivity index (χ3n) is 6.70. The van der Waals surface area contributed by atoms with Gasteiger partial charge in [-0.3, -0.25) is 14.5 Å². The van der Waals surface area contributed by atoms with Crippen molar-refractivity contribution in [3.8, 4) is 0 Å². The van der Waals surface area contributed by atoms with Crippen molar-refractivity contribution in [2.45, 2.75) is 20.3 Å². The van der Waals surface area contributed by atoms with E-state index >= 15 is 0 Å². The Hall–Kier alpha value is -2.10. The zero-order valence-electron chi connectivity index (χ0n) is 14.0. The van der Waals surface area contributed by atoms with Crippen molar-refractivity contribution in [2.24, 2.45) is 35.5 Å². The molecule has 6 rings (SSSR count). The van der Waals surface area contributed by atoms with Gasteiger partial charge in [0.25, 0.3) is 0 Å². The van der Waals surface area contributed by atoms with E-state index in [1.807, 2.05) is 6.07 Å². The standard InChI is InChI=1S/C20H22N2O2/c1-10-3-4-12(7-11(10)2)21-9-22-19(23)17-13-5-6-14(16-8-15(13)16)18(17)20(22)24/h3-7,13-18,21H,8-9H2,1-2H3/t13-,14+,15-,16-,17+,18-/m1/s1. The van der Waals surface area contributed by atoms with Crippen LogP contribution in [-0.4, -0.2) is 23.4 Å². The topological polar surface area (TPSA) is 49.4 Å². The Morgan fingerprint density at radius 3 is 2.21 bits per heavy atom. The number of hydrogen-bond donors (Lipinski definition) is 1. The lowest BCUT2D eigenvalue weighted by Gasteiger charge is -2.37. The van der Waals surface area contributed by atoms with E-state index in [4.69, 9.17) is 0 Å². The van der Waals surface area contributed by atoms with Crippen molar-refractivity contribution in [1.82, 2.24) is 4.90 Å². The molecule has 3 fully saturated rings. The summed E-state index contributed by atoms with van der Waals surface area (Å²) in [5.41, 5.74) is 3.40. The SMILES string of the molecule is Cc1ccc(NCN2C(=O)[C@@H]3[C@H]4C=C[C@H]([C@H]5C[C@H]45)[C@@H]3C2=O)cc1C. The number of likely N-dealkylation sites (tertiary alicyclic amines) is 1. The molecule has 2 saturated carbocycles. The van der Waals surface area contributed by atoms with Crippen molar-refractivity contribution in [3.05, 3.63) is 41.5 Å². The lowest BCUT2D eigenvalue weighted by molar-refractivity contribution is -0.139. The Kier molecular flexibility index (Phi) is 2.80. The molecule has 2 amide bonds. The fraction of sp³-hybridized carbons (Fsp3) is 0.500. The van der Waals surface area contributed by atoms with Crippen LogP contribution in [0, 0.1) is 49.4 Å². The summed E-state index contributed by atoms with van der Waals surface area (Å²) in [6, 6.07) is 6.12. The van der Waals surface area contributed by atoms with Crippen LogP contribution in [0.2, 0.25) is 0 Å². The summed E-state index contributed by atoms with van der Waals surface area (Å²) in [4.78, 5) is 27.2. The van der Waals surface area contributed by atoms with Gasteiger partial charge in [0.1, 0.15) is 0 Å². The van der Waals surface area contributed by atoms with E-state index in [1.54, 1.807) is 0 Å². The van der Waals surface area contributed by atoms with Gasteiger partial charge in [0, 0.05) is 5.69 Å². The third kappa shape index (κ3) is 1.80. The molecule has 124 valence electrons. The first-order chi connectivity index (χ1) is 11.6. The summed E-state index contributed by atoms with van der Waals surface area (Å²) >= 11 is 0. The van der Waals surface area contributed by atoms with Crippen molar-refractivity contribution >= 4 is 17.5 Å². The molecule has 1 aliphatic heterocycles. The molecule has 4 nitrogen and oxygen atoms in total. The first kappa shape index (κ1) is 14.3. The van der Waals surface area contributed by atoms with E-state index in [0.717, 1.165) is 5.69 Å². The van der Waals surface area contributed by atoms with E-state index in [1.165, 1.54) is 22.4 Å². The molecule has 1 aromatic rings. The summed E-state index contributed by atoms with van der Waals surface area (Å²) in [6.07, 6.45) is 5.63. The van der Waals surface area contributed by atoms with Crippen molar-refractivity contribution in [3.63, 3.8) is 0 Å². The minimum atomic E-state index is -0.0993. The number of rotatable bonds is 3. The van der Waals surface area contributed by atoms with Crippen molar-refractivity contribution in [2.75, 3.05) is 12.0 Å². The largest absolute Gasteiger partial charge is 0.367 e. The summed E-state index contributed by atoms with van der Waals surface area (Å²) in [7, 11) is 0. The molecule has 1 aromatic carbocycles. The number of benzene rings is 1. The lowest BCUT2D eigenvalue weighted by Crippen LogP contribution is -2.40. The number of aryl methyl sites for hydroxylation is 2. The van der Waals surface area contributed by atoms with Crippen molar-refractivity contribution in [1.29, 1.82) is 0 Å². The molecule has 6 atom stereocenters. The fourth-order valence-corrected chi connectivity index (χ4v) is 5.20. The second kappa shape index (κ2) is 4.71. The summed E-state index contributed by atoms with van der Waals surface area (Å²) < 4.78 is 0. The van der Waals surface area contributed by atoms with Gasteiger partial charge < -0.3 is 5.32 Å². The average Bonchev–Trinajstić information content (AvgIpc) is 3.35. The van der Waals surface area contributed by atoms with Gasteiger partial charge in [0.2, 0.25) is 11.8 Å². The molecule has 4 heteroatoms. The molecular weight excluding hydrogens is 300 g/mol. The number of carbonyl (C=O) groups is 2. The average molecular weight is 322 g/mol. The summed E-state index contributed by atoms with van der Waals surface area (Å²) in [5, 5.41) is 3.26. The second-order valence-corrected chi connectivity index (χ2v) is 7.89. The van der Waals surface area contributed by atoms with Crippen LogP contribution in [0.4, 0.5) is 5.69 Å². The Morgan fingerprint density at radius 2 is 1.62 bits per heavy atom. The molecule has 24 heavy (non-hydrogen) atoms. The lowest BCUT2D eigenvalue weighted by atomic mass is 9.63. The van der Waals surface area contributed by atoms with Gasteiger partial charge in [-0.1, -0.05) is 18.2 Å². The smallest absolute Gasteiger partial charge is 0.235 e. The molecule has 4 aliphatic carbocycles. The van der Waals surface area contributed by atoms with Crippen LogP contribution in [0.3, 0.4) is 0 Å². The highest BCUT2D eigenvalue weighted by atomic mass is 16.2. The zero-order chi connectivity index (χ0) is 16.6. The molecule has 5 aliphatic rings. The molecule has 1 saturated heterocycles. The summed E-state index contributed by atoms with van der Waals surface area (Å²) in [6.45, 7) is 4.42. The molecule has 0 aromatic heterocycles. The van der Waals surface area contributed by atoms with Gasteiger partial charge in [0.15, 0.2) is 0 Å². The van der Waals surface area contributed by atoms with E-state index in [2.05, 4.69) is 43.4 Å². The van der Waals surface area contributed by atoms with Gasteiger partial charge in [0.05, 0.1) is 18.5 Å². The molecule has 0 unspecified atom stereocenters. The number of anilines is 1. The summed E-state index contributed by atoms with van der Waals surface area (Å²) in [5.74, 6) is 1.78. The van der Waals surface area contributed by atoms with Crippen LogP contribution in [0.5, 0.6) is 0 Å². The number of carbonyl (C=O) groups excluding carboxylic acids is 2. The van der Waals surface area contributed by atoms with Crippen LogP contribution in [0.1, 0.15) is 17.5 Å². The van der Waals surface area contributed by atoms with E-state index in [0.29, 0.717) is 23.7 Å². The maximum atomic E-state index is 12.9. The van der Waals surface area contributed by atoms with Gasteiger partial charge in [-0.2, -0.15) is 0 Å². The fourth-order valence-electron chi connectivity index (χ4n) is 5.20. The molecule has 2 bridgehead atoms. The third-order valence-corrected chi connectivity index (χ3v) is 6.70. The number of allylic oxidation sites excluding steroid dienone is 2. The first-order valence-corrected chi connectivity index (χ1v) is 8.91. The Morgan fingerprint density at radius 1 is 1.00 bits per heavy atom.